The molecule has 0 atom stereocenters. The molecule has 18 heavy (non-hydrogen) atoms. The Labute approximate surface area is 113 Å². The Bertz CT molecular complexity index is 453. The third-order valence-corrected chi connectivity index (χ3v) is 3.97. The van der Waals surface area contributed by atoms with E-state index in [9.17, 15) is 4.79 Å². The van der Waals surface area contributed by atoms with E-state index in [0.717, 1.165) is 31.2 Å². The van der Waals surface area contributed by atoms with Crippen molar-refractivity contribution in [3.63, 3.8) is 0 Å². The smallest absolute Gasteiger partial charge is 0.227 e. The van der Waals surface area contributed by atoms with Gasteiger partial charge in [-0.15, -0.1) is 0 Å². The molecule has 4 heteroatoms. The molecule has 0 unspecified atom stereocenters. The van der Waals surface area contributed by atoms with Gasteiger partial charge < -0.3 is 11.1 Å². The quantitative estimate of drug-likeness (QED) is 0.801. The highest BCUT2D eigenvalue weighted by molar-refractivity contribution is 6.31. The predicted octanol–water partition coefficient (Wildman–Crippen LogP) is 3.75. The third kappa shape index (κ3) is 2.96. The standard InChI is InChI=1S/C14H19ClN2O/c1-9-7-12(16)13(8-11(9)15)17-14(18)10-5-3-2-4-6-10/h7-8,10H,2-6,16H2,1H3,(H,17,18). The van der Waals surface area contributed by atoms with Crippen molar-refractivity contribution in [2.75, 3.05) is 11.1 Å². The van der Waals surface area contributed by atoms with E-state index in [2.05, 4.69) is 5.32 Å². The number of rotatable bonds is 2. The van der Waals surface area contributed by atoms with E-state index in [-0.39, 0.29) is 11.8 Å². The van der Waals surface area contributed by atoms with Crippen LogP contribution in [0.1, 0.15) is 37.7 Å². The minimum Gasteiger partial charge on any atom is -0.397 e. The van der Waals surface area contributed by atoms with Gasteiger partial charge >= 0.3 is 0 Å². The number of anilines is 2. The number of carbonyl (C=O) groups is 1. The fourth-order valence-electron chi connectivity index (χ4n) is 2.41. The first-order valence-corrected chi connectivity index (χ1v) is 6.82. The molecule has 1 saturated carbocycles. The van der Waals surface area contributed by atoms with E-state index in [4.69, 9.17) is 17.3 Å². The zero-order valence-corrected chi connectivity index (χ0v) is 11.4. The molecule has 0 spiro atoms. The van der Waals surface area contributed by atoms with Gasteiger partial charge in [-0.1, -0.05) is 30.9 Å². The van der Waals surface area contributed by atoms with E-state index >= 15 is 0 Å². The van der Waals surface area contributed by atoms with Crippen LogP contribution in [-0.2, 0) is 4.79 Å². The maximum absolute atomic E-state index is 12.1. The first-order chi connectivity index (χ1) is 8.58. The molecule has 0 aromatic heterocycles. The molecule has 0 bridgehead atoms. The largest absolute Gasteiger partial charge is 0.397 e. The van der Waals surface area contributed by atoms with E-state index in [1.54, 1.807) is 12.1 Å². The van der Waals surface area contributed by atoms with E-state index in [1.165, 1.54) is 6.42 Å². The number of nitrogens with two attached hydrogens (primary N) is 1. The second-order valence-corrected chi connectivity index (χ2v) is 5.42. The van der Waals surface area contributed by atoms with E-state index in [0.29, 0.717) is 16.4 Å². The summed E-state index contributed by atoms with van der Waals surface area (Å²) in [5.41, 5.74) is 8.01. The van der Waals surface area contributed by atoms with E-state index in [1.807, 2.05) is 6.92 Å². The predicted molar refractivity (Wildman–Crippen MR) is 75.8 cm³/mol. The number of amides is 1. The molecule has 98 valence electrons. The Morgan fingerprint density at radius 2 is 2.00 bits per heavy atom. The summed E-state index contributed by atoms with van der Waals surface area (Å²) < 4.78 is 0. The van der Waals surface area contributed by atoms with Gasteiger partial charge in [-0.25, -0.2) is 0 Å². The molecular formula is C14H19ClN2O. The SMILES string of the molecule is Cc1cc(N)c(NC(=O)C2CCCCC2)cc1Cl. The van der Waals surface area contributed by atoms with Crippen LogP contribution in [0.5, 0.6) is 0 Å². The Balaban J connectivity index is 2.08. The minimum absolute atomic E-state index is 0.0707. The molecule has 1 aromatic carbocycles. The summed E-state index contributed by atoms with van der Waals surface area (Å²) in [4.78, 5) is 12.1. The Hall–Kier alpha value is -1.22. The van der Waals surface area contributed by atoms with Gasteiger partial charge in [-0.05, 0) is 37.5 Å². The molecular weight excluding hydrogens is 248 g/mol. The van der Waals surface area contributed by atoms with Crippen LogP contribution >= 0.6 is 11.6 Å². The maximum Gasteiger partial charge on any atom is 0.227 e. The Morgan fingerprint density at radius 3 is 2.67 bits per heavy atom. The summed E-state index contributed by atoms with van der Waals surface area (Å²) in [5.74, 6) is 0.194. The number of hydrogen-bond donors (Lipinski definition) is 2. The fourth-order valence-corrected chi connectivity index (χ4v) is 2.58. The maximum atomic E-state index is 12.1. The van der Waals surface area contributed by atoms with Crippen LogP contribution in [0, 0.1) is 12.8 Å². The van der Waals surface area contributed by atoms with Crippen molar-refractivity contribution in [3.8, 4) is 0 Å². The number of nitrogen functional groups attached to an aromatic ring is 1. The summed E-state index contributed by atoms with van der Waals surface area (Å²) in [6.07, 6.45) is 5.48. The van der Waals surface area contributed by atoms with Gasteiger partial charge in [0.15, 0.2) is 0 Å². The van der Waals surface area contributed by atoms with Gasteiger partial charge in [0.1, 0.15) is 0 Å². The summed E-state index contributed by atoms with van der Waals surface area (Å²) in [5, 5.41) is 3.53. The van der Waals surface area contributed by atoms with Crippen LogP contribution in [-0.4, -0.2) is 5.91 Å². The van der Waals surface area contributed by atoms with Crippen LogP contribution in [0.15, 0.2) is 12.1 Å². The molecule has 3 nitrogen and oxygen atoms in total. The molecule has 0 aliphatic heterocycles. The molecule has 1 aliphatic carbocycles. The van der Waals surface area contributed by atoms with Crippen LogP contribution in [0.2, 0.25) is 5.02 Å². The van der Waals surface area contributed by atoms with Crippen molar-refractivity contribution in [2.24, 2.45) is 5.92 Å². The van der Waals surface area contributed by atoms with Crippen molar-refractivity contribution in [2.45, 2.75) is 39.0 Å². The molecule has 1 aliphatic rings. The summed E-state index contributed by atoms with van der Waals surface area (Å²) in [6, 6.07) is 3.52. The number of aryl methyl sites for hydroxylation is 1. The monoisotopic (exact) mass is 266 g/mol. The summed E-state index contributed by atoms with van der Waals surface area (Å²) in [6.45, 7) is 1.89. The normalized spacial score (nSPS) is 16.6. The molecule has 3 N–H and O–H groups in total. The molecule has 0 heterocycles. The summed E-state index contributed by atoms with van der Waals surface area (Å²) >= 11 is 6.05. The lowest BCUT2D eigenvalue weighted by Crippen LogP contribution is -2.25. The Morgan fingerprint density at radius 1 is 1.33 bits per heavy atom. The first-order valence-electron chi connectivity index (χ1n) is 6.44. The van der Waals surface area contributed by atoms with Crippen LogP contribution in [0.25, 0.3) is 0 Å². The molecule has 0 saturated heterocycles. The number of nitrogens with one attached hydrogen (secondary N) is 1. The van der Waals surface area contributed by atoms with Crippen LogP contribution in [0.3, 0.4) is 0 Å². The molecule has 1 amide bonds. The lowest BCUT2D eigenvalue weighted by molar-refractivity contribution is -0.120. The fraction of sp³-hybridized carbons (Fsp3) is 0.500. The first kappa shape index (κ1) is 13.2. The molecule has 2 rings (SSSR count). The highest BCUT2D eigenvalue weighted by atomic mass is 35.5. The van der Waals surface area contributed by atoms with Crippen LogP contribution < -0.4 is 11.1 Å². The zero-order valence-electron chi connectivity index (χ0n) is 10.6. The van der Waals surface area contributed by atoms with Gasteiger partial charge in [0.05, 0.1) is 11.4 Å². The number of benzene rings is 1. The second kappa shape index (κ2) is 5.61. The van der Waals surface area contributed by atoms with Crippen molar-refractivity contribution in [1.29, 1.82) is 0 Å². The number of carbonyl (C=O) groups excluding carboxylic acids is 1. The van der Waals surface area contributed by atoms with Gasteiger partial charge in [0, 0.05) is 10.9 Å². The minimum atomic E-state index is 0.0707. The number of halogens is 1. The lowest BCUT2D eigenvalue weighted by Gasteiger charge is -2.21. The molecule has 1 aromatic rings. The van der Waals surface area contributed by atoms with Crippen molar-refractivity contribution in [1.82, 2.24) is 0 Å². The molecule has 1 fully saturated rings. The van der Waals surface area contributed by atoms with Crippen molar-refractivity contribution < 1.29 is 4.79 Å². The zero-order chi connectivity index (χ0) is 13.1. The number of hydrogen-bond acceptors (Lipinski definition) is 2. The average Bonchev–Trinajstić information content (AvgIpc) is 2.37. The second-order valence-electron chi connectivity index (χ2n) is 5.01. The van der Waals surface area contributed by atoms with Crippen molar-refractivity contribution in [3.05, 3.63) is 22.7 Å². The van der Waals surface area contributed by atoms with Gasteiger partial charge in [-0.3, -0.25) is 4.79 Å². The third-order valence-electron chi connectivity index (χ3n) is 3.56. The average molecular weight is 267 g/mol. The van der Waals surface area contributed by atoms with Gasteiger partial charge in [-0.2, -0.15) is 0 Å². The van der Waals surface area contributed by atoms with Crippen LogP contribution in [0.4, 0.5) is 11.4 Å². The van der Waals surface area contributed by atoms with Gasteiger partial charge in [0.2, 0.25) is 5.91 Å². The summed E-state index contributed by atoms with van der Waals surface area (Å²) in [7, 11) is 0. The molecule has 0 radical (unpaired) electrons. The van der Waals surface area contributed by atoms with Gasteiger partial charge in [0.25, 0.3) is 0 Å². The highest BCUT2D eigenvalue weighted by Gasteiger charge is 2.21. The highest BCUT2D eigenvalue weighted by Crippen LogP contribution is 2.29. The topological polar surface area (TPSA) is 55.1 Å². The van der Waals surface area contributed by atoms with E-state index < -0.39 is 0 Å². The van der Waals surface area contributed by atoms with Crippen molar-refractivity contribution >= 4 is 28.9 Å². The Kier molecular flexibility index (Phi) is 4.12. The lowest BCUT2D eigenvalue weighted by atomic mass is 9.88.